The molecule has 0 radical (unpaired) electrons. The normalized spacial score (nSPS) is 13.8. The zero-order valence-electron chi connectivity index (χ0n) is 13.5. The lowest BCUT2D eigenvalue weighted by molar-refractivity contribution is 0.487. The average Bonchev–Trinajstić information content (AvgIpc) is 2.13. The van der Waals surface area contributed by atoms with E-state index in [4.69, 9.17) is 9.97 Å². The van der Waals surface area contributed by atoms with Gasteiger partial charge in [0, 0.05) is 27.6 Å². The van der Waals surface area contributed by atoms with E-state index < -0.39 is 0 Å². The van der Waals surface area contributed by atoms with Gasteiger partial charge in [-0.05, 0) is 6.07 Å². The van der Waals surface area contributed by atoms with Gasteiger partial charge in [-0.2, -0.15) is 0 Å². The zero-order chi connectivity index (χ0) is 14.4. The van der Waals surface area contributed by atoms with Crippen LogP contribution in [-0.2, 0) is 16.2 Å². The predicted molar refractivity (Wildman–Crippen MR) is 78.1 cm³/mol. The summed E-state index contributed by atoms with van der Waals surface area (Å²) in [6.45, 7) is 19.7. The minimum absolute atomic E-state index is 0.0126. The van der Waals surface area contributed by atoms with Crippen LogP contribution in [0.2, 0.25) is 0 Å². The van der Waals surface area contributed by atoms with Gasteiger partial charge in [0.05, 0.1) is 0 Å². The molecule has 1 heterocycles. The predicted octanol–water partition coefficient (Wildman–Crippen LogP) is 4.37. The van der Waals surface area contributed by atoms with Gasteiger partial charge in [0.1, 0.15) is 5.82 Å². The van der Waals surface area contributed by atoms with Crippen molar-refractivity contribution in [2.45, 2.75) is 78.6 Å². The van der Waals surface area contributed by atoms with Crippen LogP contribution in [0.15, 0.2) is 6.07 Å². The van der Waals surface area contributed by atoms with Gasteiger partial charge in [0.2, 0.25) is 0 Å². The van der Waals surface area contributed by atoms with Crippen LogP contribution in [0.25, 0.3) is 0 Å². The number of hydrogen-bond acceptors (Lipinski definition) is 2. The van der Waals surface area contributed by atoms with E-state index in [2.05, 4.69) is 68.4 Å². The molecule has 1 aromatic rings. The van der Waals surface area contributed by atoms with E-state index in [1.54, 1.807) is 0 Å². The second-order valence-electron chi connectivity index (χ2n) is 8.21. The molecule has 18 heavy (non-hydrogen) atoms. The van der Waals surface area contributed by atoms with Crippen molar-refractivity contribution in [2.24, 2.45) is 0 Å². The van der Waals surface area contributed by atoms with Crippen LogP contribution in [0.5, 0.6) is 0 Å². The lowest BCUT2D eigenvalue weighted by Crippen LogP contribution is -2.25. The Hall–Kier alpha value is -0.920. The first-order valence-electron chi connectivity index (χ1n) is 6.72. The van der Waals surface area contributed by atoms with Gasteiger partial charge in [-0.3, -0.25) is 0 Å². The molecule has 0 unspecified atom stereocenters. The molecule has 0 atom stereocenters. The van der Waals surface area contributed by atoms with Crippen molar-refractivity contribution in [3.8, 4) is 0 Å². The molecule has 2 nitrogen and oxygen atoms in total. The number of nitrogens with zero attached hydrogens (tertiary/aromatic N) is 2. The fourth-order valence-electron chi connectivity index (χ4n) is 1.55. The van der Waals surface area contributed by atoms with Crippen molar-refractivity contribution in [2.75, 3.05) is 0 Å². The first-order valence-corrected chi connectivity index (χ1v) is 6.72. The molecule has 0 aromatic carbocycles. The molecule has 0 spiro atoms. The van der Waals surface area contributed by atoms with Crippen molar-refractivity contribution in [3.63, 3.8) is 0 Å². The summed E-state index contributed by atoms with van der Waals surface area (Å²) in [4.78, 5) is 9.56. The lowest BCUT2D eigenvalue weighted by Gasteiger charge is -2.27. The SMILES string of the molecule is CC(C)(C)c1cc(C(C)(C)C)nc(C(C)(C)C)n1. The van der Waals surface area contributed by atoms with E-state index in [-0.39, 0.29) is 16.2 Å². The largest absolute Gasteiger partial charge is 0.237 e. The maximum atomic E-state index is 4.78. The minimum atomic E-state index is -0.0126. The van der Waals surface area contributed by atoms with Gasteiger partial charge in [-0.15, -0.1) is 0 Å². The first kappa shape index (κ1) is 15.1. The third kappa shape index (κ3) is 3.54. The molecular formula is C16H28N2. The molecule has 2 heteroatoms. The monoisotopic (exact) mass is 248 g/mol. The molecule has 1 rings (SSSR count). The van der Waals surface area contributed by atoms with Crippen molar-refractivity contribution in [1.29, 1.82) is 0 Å². The second kappa shape index (κ2) is 4.32. The van der Waals surface area contributed by atoms with Gasteiger partial charge in [-0.25, -0.2) is 9.97 Å². The number of aromatic nitrogens is 2. The third-order valence-electron chi connectivity index (χ3n) is 2.93. The molecular weight excluding hydrogens is 220 g/mol. The maximum Gasteiger partial charge on any atom is 0.134 e. The fraction of sp³-hybridized carbons (Fsp3) is 0.750. The van der Waals surface area contributed by atoms with E-state index >= 15 is 0 Å². The Morgan fingerprint density at radius 2 is 0.944 bits per heavy atom. The van der Waals surface area contributed by atoms with E-state index in [1.165, 1.54) is 0 Å². The summed E-state index contributed by atoms with van der Waals surface area (Å²) in [6.07, 6.45) is 0. The van der Waals surface area contributed by atoms with E-state index in [0.29, 0.717) is 0 Å². The zero-order valence-corrected chi connectivity index (χ0v) is 13.5. The molecule has 0 fully saturated rings. The number of rotatable bonds is 0. The molecule has 0 saturated carbocycles. The summed E-state index contributed by atoms with van der Waals surface area (Å²) in [5, 5.41) is 0. The molecule has 0 amide bonds. The van der Waals surface area contributed by atoms with Crippen LogP contribution in [0.1, 0.15) is 79.5 Å². The van der Waals surface area contributed by atoms with Crippen molar-refractivity contribution in [3.05, 3.63) is 23.3 Å². The minimum Gasteiger partial charge on any atom is -0.237 e. The Morgan fingerprint density at radius 3 is 1.17 bits per heavy atom. The van der Waals surface area contributed by atoms with Crippen molar-refractivity contribution in [1.82, 2.24) is 9.97 Å². The van der Waals surface area contributed by atoms with Gasteiger partial charge in [0.15, 0.2) is 0 Å². The smallest absolute Gasteiger partial charge is 0.134 e. The van der Waals surface area contributed by atoms with Crippen LogP contribution in [-0.4, -0.2) is 9.97 Å². The molecule has 0 N–H and O–H groups in total. The number of hydrogen-bond donors (Lipinski definition) is 0. The van der Waals surface area contributed by atoms with Gasteiger partial charge >= 0.3 is 0 Å². The lowest BCUT2D eigenvalue weighted by atomic mass is 9.85. The van der Waals surface area contributed by atoms with Crippen LogP contribution >= 0.6 is 0 Å². The molecule has 0 aliphatic heterocycles. The van der Waals surface area contributed by atoms with E-state index in [1.807, 2.05) is 0 Å². The first-order chi connectivity index (χ1) is 7.82. The Labute approximate surface area is 112 Å². The summed E-state index contributed by atoms with van der Waals surface area (Å²) < 4.78 is 0. The molecule has 0 saturated heterocycles. The molecule has 1 aromatic heterocycles. The van der Waals surface area contributed by atoms with Crippen LogP contribution in [0, 0.1) is 0 Å². The van der Waals surface area contributed by atoms with Crippen molar-refractivity contribution < 1.29 is 0 Å². The van der Waals surface area contributed by atoms with Crippen LogP contribution in [0.4, 0.5) is 0 Å². The van der Waals surface area contributed by atoms with Crippen LogP contribution < -0.4 is 0 Å². The van der Waals surface area contributed by atoms with Gasteiger partial charge in [0.25, 0.3) is 0 Å². The highest BCUT2D eigenvalue weighted by Gasteiger charge is 2.26. The summed E-state index contributed by atoms with van der Waals surface area (Å²) in [5.74, 6) is 0.944. The summed E-state index contributed by atoms with van der Waals surface area (Å²) in [6, 6.07) is 2.16. The van der Waals surface area contributed by atoms with E-state index in [0.717, 1.165) is 17.2 Å². The molecule has 0 aliphatic carbocycles. The second-order valence-corrected chi connectivity index (χ2v) is 8.21. The summed E-state index contributed by atoms with van der Waals surface area (Å²) >= 11 is 0. The maximum absolute atomic E-state index is 4.78. The Kier molecular flexibility index (Phi) is 3.64. The third-order valence-corrected chi connectivity index (χ3v) is 2.93. The fourth-order valence-corrected chi connectivity index (χ4v) is 1.55. The van der Waals surface area contributed by atoms with Crippen LogP contribution in [0.3, 0.4) is 0 Å². The van der Waals surface area contributed by atoms with E-state index in [9.17, 15) is 0 Å². The summed E-state index contributed by atoms with van der Waals surface area (Å²) in [5.41, 5.74) is 2.37. The Morgan fingerprint density at radius 1 is 0.611 bits per heavy atom. The highest BCUT2D eigenvalue weighted by Crippen LogP contribution is 2.29. The molecule has 0 bridgehead atoms. The Bertz CT molecular complexity index is 347. The standard InChI is InChI=1S/C16H28N2/c1-14(2,3)11-10-12(15(4,5)6)18-13(17-11)16(7,8)9/h10H,1-9H3. The average molecular weight is 248 g/mol. The topological polar surface area (TPSA) is 25.8 Å². The molecule has 0 aliphatic rings. The van der Waals surface area contributed by atoms with Gasteiger partial charge < -0.3 is 0 Å². The highest BCUT2D eigenvalue weighted by molar-refractivity contribution is 5.24. The van der Waals surface area contributed by atoms with Crippen molar-refractivity contribution >= 4 is 0 Å². The highest BCUT2D eigenvalue weighted by atomic mass is 14.9. The molecule has 102 valence electrons. The quantitative estimate of drug-likeness (QED) is 0.681. The summed E-state index contributed by atoms with van der Waals surface area (Å²) in [7, 11) is 0. The van der Waals surface area contributed by atoms with Gasteiger partial charge in [-0.1, -0.05) is 62.3 Å². The Balaban J connectivity index is 3.49.